The number of ketones is 2. The van der Waals surface area contributed by atoms with Gasteiger partial charge in [-0.3, -0.25) is 9.59 Å². The fourth-order valence-electron chi connectivity index (χ4n) is 13.2. The van der Waals surface area contributed by atoms with Gasteiger partial charge in [0.15, 0.2) is 11.5 Å². The summed E-state index contributed by atoms with van der Waals surface area (Å²) >= 11 is 0. The lowest BCUT2D eigenvalue weighted by molar-refractivity contribution is -0.130. The number of benzene rings is 5. The molecule has 9 bridgehead atoms. The number of nitrogens with one attached hydrogen (secondary N) is 4. The minimum atomic E-state index is -0.673. The molecule has 10 rings (SSSR count). The quantitative estimate of drug-likeness (QED) is 0.0611. The molecule has 3 heterocycles. The number of methoxy groups -OCH3 is 1. The third-order valence-corrected chi connectivity index (χ3v) is 17.3. The number of aromatic nitrogens is 1. The van der Waals surface area contributed by atoms with Crippen molar-refractivity contribution in [2.75, 3.05) is 32.1 Å². The van der Waals surface area contributed by atoms with Crippen molar-refractivity contribution in [3.8, 4) is 23.3 Å². The van der Waals surface area contributed by atoms with Gasteiger partial charge in [-0.1, -0.05) is 123 Å². The number of allylic oxidation sites excluding steroid dienone is 2. The maximum Gasteiger partial charge on any atom is 0.161 e. The summed E-state index contributed by atoms with van der Waals surface area (Å²) in [5.74, 6) is 7.70. The third-order valence-electron chi connectivity index (χ3n) is 17.3. The highest BCUT2D eigenvalue weighted by atomic mass is 16.5. The van der Waals surface area contributed by atoms with Crippen LogP contribution in [0.5, 0.6) is 11.5 Å². The number of dihydropyridines is 1. The summed E-state index contributed by atoms with van der Waals surface area (Å²) in [6, 6.07) is 37.4. The highest BCUT2D eigenvalue weighted by Crippen LogP contribution is 2.46. The molecule has 406 valence electrons. The molecule has 6 aromatic rings. The van der Waals surface area contributed by atoms with Crippen LogP contribution in [0.25, 0.3) is 10.8 Å². The molecule has 1 saturated carbocycles. The summed E-state index contributed by atoms with van der Waals surface area (Å²) in [6.45, 7) is 6.18. The number of Topliss-reactive ketones (excluding diaryl/α,β-unsaturated/α-hetero) is 2. The number of hydrogen-bond donors (Lipinski definition) is 7. The lowest BCUT2D eigenvalue weighted by Crippen LogP contribution is -2.33. The second-order valence-corrected chi connectivity index (χ2v) is 22.9. The Kier molecular flexibility index (Phi) is 17.6. The smallest absolute Gasteiger partial charge is 0.161 e. The van der Waals surface area contributed by atoms with Crippen molar-refractivity contribution >= 4 is 28.0 Å². The number of hydrogen-bond acceptors (Lipinski definition) is 9. The fraction of sp³-hybridized carbons (Fsp3) is 0.412. The number of β-amino-alcohol motifs (C(OH)–C–C–N with tert-alkyl or cyclic N) is 1. The fourth-order valence-corrected chi connectivity index (χ4v) is 13.2. The minimum absolute atomic E-state index is 0.0156. The van der Waals surface area contributed by atoms with Gasteiger partial charge in [-0.05, 0) is 162 Å². The zero-order valence-corrected chi connectivity index (χ0v) is 45.7. The average Bonchev–Trinajstić information content (AvgIpc) is 3.95. The lowest BCUT2D eigenvalue weighted by Gasteiger charge is -2.33. The van der Waals surface area contributed by atoms with E-state index in [1.165, 1.54) is 5.57 Å². The number of carbonyl (C=O) groups excluding carboxylic acids is 2. The van der Waals surface area contributed by atoms with Crippen molar-refractivity contribution in [2.24, 2.45) is 29.6 Å². The lowest BCUT2D eigenvalue weighted by atomic mass is 9.73. The number of aliphatic hydroxyl groups is 2. The van der Waals surface area contributed by atoms with E-state index in [0.717, 1.165) is 92.6 Å². The number of phenolic OH excluding ortho intramolecular Hbond substituents is 1. The number of aromatic amines is 1. The van der Waals surface area contributed by atoms with E-state index in [1.54, 1.807) is 7.11 Å². The number of anilines is 1. The Morgan fingerprint density at radius 2 is 1.60 bits per heavy atom. The van der Waals surface area contributed by atoms with E-state index in [4.69, 9.17) is 4.74 Å². The van der Waals surface area contributed by atoms with Crippen molar-refractivity contribution in [1.29, 1.82) is 0 Å². The van der Waals surface area contributed by atoms with Crippen LogP contribution in [0.4, 0.5) is 5.69 Å². The molecule has 5 aromatic carbocycles. The Morgan fingerprint density at radius 1 is 0.795 bits per heavy atom. The Hall–Kier alpha value is -6.90. The van der Waals surface area contributed by atoms with Gasteiger partial charge < -0.3 is 41.0 Å². The van der Waals surface area contributed by atoms with Crippen LogP contribution in [0.2, 0.25) is 0 Å². The first-order valence-electron chi connectivity index (χ1n) is 28.7. The first-order chi connectivity index (χ1) is 38.0. The van der Waals surface area contributed by atoms with Crippen LogP contribution >= 0.6 is 0 Å². The molecule has 0 amide bonds. The number of aliphatic hydroxyl groups excluding tert-OH is 2. The number of carbonyl (C=O) groups is 2. The summed E-state index contributed by atoms with van der Waals surface area (Å²) in [7, 11) is 1.56. The molecule has 1 fully saturated rings. The third kappa shape index (κ3) is 13.2. The molecule has 9 atom stereocenters. The van der Waals surface area contributed by atoms with Gasteiger partial charge in [0, 0.05) is 67.5 Å². The summed E-state index contributed by atoms with van der Waals surface area (Å²) in [5, 5.41) is 48.8. The topological polar surface area (TPSA) is 156 Å². The first-order valence-corrected chi connectivity index (χ1v) is 28.7. The highest BCUT2D eigenvalue weighted by molar-refractivity contribution is 6.00. The molecule has 10 nitrogen and oxygen atoms in total. The Labute approximate surface area is 461 Å². The molecule has 0 saturated heterocycles. The maximum absolute atomic E-state index is 15.1. The molecule has 2 aliphatic heterocycles. The average molecular weight is 1050 g/mol. The van der Waals surface area contributed by atoms with E-state index in [1.807, 2.05) is 48.7 Å². The van der Waals surface area contributed by atoms with Crippen molar-refractivity contribution in [3.63, 3.8) is 0 Å². The second kappa shape index (κ2) is 25.3. The molecule has 10 heteroatoms. The van der Waals surface area contributed by atoms with Gasteiger partial charge in [-0.2, -0.15) is 0 Å². The standard InChI is InChI=1S/C68H78N4O6/c1-4-11-59-53-31-47(28-46-26-27-70-66(33-46)72-55-22-19-48-18-16-45(29-52(48)34-55)32-58(74)42-69-40-43(2)54-35-56(71-41-54)38-63(59)75)30-50-21-25-60(49-14-9-6-10-15-49)67-51(20-23-57(73)39-64(76)62(50)36-53)37-65(78-3)68(77)61(67)24-17-44-12-7-5-8-13-44/h5-10,12-16,18-19,22,26,29,33-35,37,41,43,47,50,53,58-60,62-63,69-72,74-75,77H,4,11,17,20,23-24,27-28,30-32,36,38-40,42H2,1-3H3. The molecule has 4 aliphatic rings. The van der Waals surface area contributed by atoms with Gasteiger partial charge in [0.25, 0.3) is 0 Å². The SMILES string of the molecule is CCCC1C(O)Cc2cc(c[nH]2)C(C)CNCC(O)Cc2ccc3ccc(cc3c2)NC2=CC(=CCN2)CC2CC3C#CC(c4ccccc4)c4c(cc(OC)c(O)c4CCc4ccccc4)CCC(=O)CC(=O)C3CC1C2. The van der Waals surface area contributed by atoms with E-state index in [-0.39, 0.29) is 59.7 Å². The summed E-state index contributed by atoms with van der Waals surface area (Å²) in [4.78, 5) is 33.0. The Morgan fingerprint density at radius 3 is 2.41 bits per heavy atom. The molecule has 7 N–H and O–H groups in total. The van der Waals surface area contributed by atoms with Gasteiger partial charge in [-0.25, -0.2) is 0 Å². The van der Waals surface area contributed by atoms with E-state index in [0.29, 0.717) is 70.3 Å². The van der Waals surface area contributed by atoms with Crippen molar-refractivity contribution in [2.45, 2.75) is 121 Å². The predicted octanol–water partition coefficient (Wildman–Crippen LogP) is 11.4. The van der Waals surface area contributed by atoms with Crippen LogP contribution in [0.1, 0.15) is 122 Å². The van der Waals surface area contributed by atoms with E-state index >= 15 is 4.79 Å². The van der Waals surface area contributed by atoms with E-state index in [9.17, 15) is 20.1 Å². The number of aryl methyl sites for hydroxylation is 2. The summed E-state index contributed by atoms with van der Waals surface area (Å²) < 4.78 is 5.83. The van der Waals surface area contributed by atoms with Gasteiger partial charge in [-0.15, -0.1) is 0 Å². The monoisotopic (exact) mass is 1050 g/mol. The maximum atomic E-state index is 15.1. The predicted molar refractivity (Wildman–Crippen MR) is 312 cm³/mol. The van der Waals surface area contributed by atoms with Gasteiger partial charge in [0.05, 0.1) is 31.7 Å². The molecular weight excluding hydrogens is 969 g/mol. The summed E-state index contributed by atoms with van der Waals surface area (Å²) in [6.07, 6.45) is 12.3. The van der Waals surface area contributed by atoms with E-state index < -0.39 is 24.0 Å². The Bertz CT molecular complexity index is 3190. The molecular formula is C68H78N4O6. The molecule has 9 unspecified atom stereocenters. The molecule has 1 aromatic heterocycles. The van der Waals surface area contributed by atoms with Gasteiger partial charge >= 0.3 is 0 Å². The van der Waals surface area contributed by atoms with Gasteiger partial charge in [0.1, 0.15) is 17.4 Å². The zero-order chi connectivity index (χ0) is 54.1. The minimum Gasteiger partial charge on any atom is -0.504 e. The van der Waals surface area contributed by atoms with Crippen LogP contribution in [0.3, 0.4) is 0 Å². The molecule has 0 radical (unpaired) electrons. The first kappa shape index (κ1) is 54.5. The number of aromatic hydroxyl groups is 1. The normalized spacial score (nSPS) is 25.4. The van der Waals surface area contributed by atoms with Crippen LogP contribution < -0.4 is 20.7 Å². The number of fused-ring (bicyclic) bond motifs is 9. The number of ether oxygens (including phenoxy) is 1. The molecule has 0 spiro atoms. The van der Waals surface area contributed by atoms with E-state index in [2.05, 4.69) is 126 Å². The van der Waals surface area contributed by atoms with Crippen LogP contribution in [-0.2, 0) is 41.7 Å². The molecule has 2 aliphatic carbocycles. The number of rotatable bonds is 7. The zero-order valence-electron chi connectivity index (χ0n) is 45.7. The second-order valence-electron chi connectivity index (χ2n) is 22.9. The van der Waals surface area contributed by atoms with Crippen LogP contribution in [-0.4, -0.2) is 70.8 Å². The highest BCUT2D eigenvalue weighted by Gasteiger charge is 2.41. The van der Waals surface area contributed by atoms with Crippen molar-refractivity contribution in [3.05, 3.63) is 184 Å². The van der Waals surface area contributed by atoms with Crippen LogP contribution in [0, 0.1) is 41.4 Å². The number of H-pyrrole nitrogens is 1. The largest absolute Gasteiger partial charge is 0.504 e. The Balaban J connectivity index is 1.07. The van der Waals surface area contributed by atoms with Gasteiger partial charge in [0.2, 0.25) is 0 Å². The van der Waals surface area contributed by atoms with Crippen LogP contribution in [0.15, 0.2) is 139 Å². The molecule has 78 heavy (non-hydrogen) atoms. The van der Waals surface area contributed by atoms with Crippen molar-refractivity contribution in [1.82, 2.24) is 15.6 Å². The number of phenols is 1. The summed E-state index contributed by atoms with van der Waals surface area (Å²) in [5.41, 5.74) is 10.0. The van der Waals surface area contributed by atoms with Crippen molar-refractivity contribution < 1.29 is 29.6 Å².